The summed E-state index contributed by atoms with van der Waals surface area (Å²) in [5.74, 6) is 0.639. The van der Waals surface area contributed by atoms with Gasteiger partial charge < -0.3 is 5.73 Å². The van der Waals surface area contributed by atoms with Crippen molar-refractivity contribution in [3.05, 3.63) is 30.0 Å². The lowest BCUT2D eigenvalue weighted by atomic mass is 10.0. The van der Waals surface area contributed by atoms with Crippen molar-refractivity contribution in [3.8, 4) is 11.1 Å². The minimum absolute atomic E-state index is 0.178. The van der Waals surface area contributed by atoms with Gasteiger partial charge in [0.2, 0.25) is 0 Å². The molecule has 88 valence electrons. The van der Waals surface area contributed by atoms with Crippen molar-refractivity contribution >= 4 is 15.7 Å². The number of fused-ring (bicyclic) bond motifs is 1. The molecule has 1 aromatic carbocycles. The van der Waals surface area contributed by atoms with Gasteiger partial charge in [-0.1, -0.05) is 12.1 Å². The van der Waals surface area contributed by atoms with Crippen molar-refractivity contribution in [1.29, 1.82) is 0 Å². The number of anilines is 1. The van der Waals surface area contributed by atoms with E-state index in [4.69, 9.17) is 5.73 Å². The van der Waals surface area contributed by atoms with E-state index >= 15 is 0 Å². The largest absolute Gasteiger partial charge is 0.384 e. The van der Waals surface area contributed by atoms with E-state index in [2.05, 4.69) is 10.2 Å². The Hall–Kier alpha value is -1.82. The fourth-order valence-electron chi connectivity index (χ4n) is 2.22. The SMILES string of the molecule is Nc1[nH]ncc1-c1cccc2c1CCS2(=O)=O. The number of nitrogens with zero attached hydrogens (tertiary/aromatic N) is 1. The molecule has 0 fully saturated rings. The minimum atomic E-state index is -3.10. The molecule has 1 aliphatic rings. The normalized spacial score (nSPS) is 16.9. The Labute approximate surface area is 98.6 Å². The van der Waals surface area contributed by atoms with Gasteiger partial charge in [-0.25, -0.2) is 8.42 Å². The molecular formula is C11H11N3O2S. The highest BCUT2D eigenvalue weighted by Crippen LogP contribution is 2.35. The molecular weight excluding hydrogens is 238 g/mol. The molecule has 0 amide bonds. The van der Waals surface area contributed by atoms with Crippen LogP contribution < -0.4 is 5.73 Å². The summed E-state index contributed by atoms with van der Waals surface area (Å²) >= 11 is 0. The van der Waals surface area contributed by atoms with Crippen LogP contribution in [0.3, 0.4) is 0 Å². The summed E-state index contributed by atoms with van der Waals surface area (Å²) in [6.45, 7) is 0. The molecule has 1 aliphatic heterocycles. The lowest BCUT2D eigenvalue weighted by Crippen LogP contribution is -1.98. The van der Waals surface area contributed by atoms with Gasteiger partial charge in [0.1, 0.15) is 5.82 Å². The predicted molar refractivity (Wildman–Crippen MR) is 64.2 cm³/mol. The van der Waals surface area contributed by atoms with Crippen molar-refractivity contribution in [2.45, 2.75) is 11.3 Å². The number of H-pyrrole nitrogens is 1. The van der Waals surface area contributed by atoms with Gasteiger partial charge in [0.25, 0.3) is 0 Å². The summed E-state index contributed by atoms with van der Waals surface area (Å²) in [6, 6.07) is 5.27. The van der Waals surface area contributed by atoms with E-state index < -0.39 is 9.84 Å². The van der Waals surface area contributed by atoms with Crippen LogP contribution in [0.2, 0.25) is 0 Å². The van der Waals surface area contributed by atoms with Crippen molar-refractivity contribution in [3.63, 3.8) is 0 Å². The van der Waals surface area contributed by atoms with Gasteiger partial charge in [-0.3, -0.25) is 5.10 Å². The molecule has 2 heterocycles. The molecule has 3 N–H and O–H groups in total. The molecule has 1 aromatic heterocycles. The first-order chi connectivity index (χ1) is 8.09. The van der Waals surface area contributed by atoms with E-state index in [-0.39, 0.29) is 5.75 Å². The summed E-state index contributed by atoms with van der Waals surface area (Å²) < 4.78 is 23.6. The number of nitrogen functional groups attached to an aromatic ring is 1. The van der Waals surface area contributed by atoms with Gasteiger partial charge >= 0.3 is 0 Å². The summed E-state index contributed by atoms with van der Waals surface area (Å²) in [5, 5.41) is 6.52. The first kappa shape index (κ1) is 10.3. The van der Waals surface area contributed by atoms with Crippen molar-refractivity contribution in [2.24, 2.45) is 0 Å². The molecule has 0 spiro atoms. The van der Waals surface area contributed by atoms with Gasteiger partial charge in [-0.05, 0) is 23.6 Å². The van der Waals surface area contributed by atoms with Crippen LogP contribution >= 0.6 is 0 Å². The molecule has 0 atom stereocenters. The van der Waals surface area contributed by atoms with Crippen LogP contribution in [0.5, 0.6) is 0 Å². The maximum absolute atomic E-state index is 11.8. The Balaban J connectivity index is 2.29. The van der Waals surface area contributed by atoms with E-state index in [9.17, 15) is 8.42 Å². The zero-order chi connectivity index (χ0) is 12.0. The lowest BCUT2D eigenvalue weighted by Gasteiger charge is -2.05. The first-order valence-electron chi connectivity index (χ1n) is 5.23. The van der Waals surface area contributed by atoms with Gasteiger partial charge in [-0.15, -0.1) is 0 Å². The van der Waals surface area contributed by atoms with Crippen LogP contribution in [-0.2, 0) is 16.3 Å². The second kappa shape index (κ2) is 3.33. The number of nitrogens with one attached hydrogen (secondary N) is 1. The Kier molecular flexibility index (Phi) is 2.03. The van der Waals surface area contributed by atoms with Gasteiger partial charge in [0.05, 0.1) is 16.8 Å². The number of aromatic amines is 1. The third-order valence-corrected chi connectivity index (χ3v) is 4.84. The molecule has 0 aliphatic carbocycles. The fourth-order valence-corrected chi connectivity index (χ4v) is 3.79. The summed E-state index contributed by atoms with van der Waals surface area (Å²) in [5.41, 5.74) is 8.23. The number of aromatic nitrogens is 2. The van der Waals surface area contributed by atoms with Crippen molar-refractivity contribution in [2.75, 3.05) is 11.5 Å². The van der Waals surface area contributed by atoms with Crippen LogP contribution in [0.4, 0.5) is 5.82 Å². The number of hydrogen-bond acceptors (Lipinski definition) is 4. The molecule has 3 rings (SSSR count). The Morgan fingerprint density at radius 2 is 2.12 bits per heavy atom. The second-order valence-corrected chi connectivity index (χ2v) is 6.13. The van der Waals surface area contributed by atoms with E-state index in [1.54, 1.807) is 18.3 Å². The smallest absolute Gasteiger partial charge is 0.178 e. The fraction of sp³-hybridized carbons (Fsp3) is 0.182. The third-order valence-electron chi connectivity index (χ3n) is 3.05. The molecule has 0 saturated heterocycles. The third kappa shape index (κ3) is 1.44. The second-order valence-electron chi connectivity index (χ2n) is 4.05. The maximum atomic E-state index is 11.8. The first-order valence-corrected chi connectivity index (χ1v) is 6.89. The summed E-state index contributed by atoms with van der Waals surface area (Å²) in [6.07, 6.45) is 2.16. The van der Waals surface area contributed by atoms with Gasteiger partial charge in [-0.2, -0.15) is 5.10 Å². The number of sulfone groups is 1. The predicted octanol–water partition coefficient (Wildman–Crippen LogP) is 0.989. The average molecular weight is 249 g/mol. The van der Waals surface area contributed by atoms with Gasteiger partial charge in [0.15, 0.2) is 9.84 Å². The highest BCUT2D eigenvalue weighted by atomic mass is 32.2. The van der Waals surface area contributed by atoms with Crippen LogP contribution in [0.25, 0.3) is 11.1 Å². The number of benzene rings is 1. The standard InChI is InChI=1S/C11H11N3O2S/c12-11-9(6-13-14-11)7-2-1-3-10-8(7)4-5-17(10,15)16/h1-3,6H,4-5H2,(H3,12,13,14). The molecule has 2 aromatic rings. The summed E-state index contributed by atoms with van der Waals surface area (Å²) in [7, 11) is -3.10. The quantitative estimate of drug-likeness (QED) is 0.788. The maximum Gasteiger partial charge on any atom is 0.178 e. The van der Waals surface area contributed by atoms with E-state index in [1.165, 1.54) is 0 Å². The molecule has 6 heteroatoms. The van der Waals surface area contributed by atoms with E-state index in [0.29, 0.717) is 17.1 Å². The number of rotatable bonds is 1. The molecule has 17 heavy (non-hydrogen) atoms. The average Bonchev–Trinajstić information content (AvgIpc) is 2.84. The van der Waals surface area contributed by atoms with Crippen LogP contribution in [-0.4, -0.2) is 24.4 Å². The lowest BCUT2D eigenvalue weighted by molar-refractivity contribution is 0.600. The summed E-state index contributed by atoms with van der Waals surface area (Å²) in [4.78, 5) is 0.426. The molecule has 5 nitrogen and oxygen atoms in total. The Morgan fingerprint density at radius 3 is 2.82 bits per heavy atom. The van der Waals surface area contributed by atoms with Crippen molar-refractivity contribution < 1.29 is 8.42 Å². The van der Waals surface area contributed by atoms with Crippen molar-refractivity contribution in [1.82, 2.24) is 10.2 Å². The van der Waals surface area contributed by atoms with E-state index in [1.807, 2.05) is 6.07 Å². The number of nitrogens with two attached hydrogens (primary N) is 1. The topological polar surface area (TPSA) is 88.8 Å². The monoisotopic (exact) mass is 249 g/mol. The minimum Gasteiger partial charge on any atom is -0.384 e. The molecule has 0 saturated carbocycles. The van der Waals surface area contributed by atoms with Crippen LogP contribution in [0.15, 0.2) is 29.3 Å². The zero-order valence-electron chi connectivity index (χ0n) is 8.97. The molecule has 0 bridgehead atoms. The van der Waals surface area contributed by atoms with Crippen LogP contribution in [0.1, 0.15) is 5.56 Å². The Bertz CT molecular complexity index is 688. The number of hydrogen-bond donors (Lipinski definition) is 2. The van der Waals surface area contributed by atoms with Gasteiger partial charge in [0, 0.05) is 5.56 Å². The zero-order valence-corrected chi connectivity index (χ0v) is 9.79. The Morgan fingerprint density at radius 1 is 1.29 bits per heavy atom. The highest BCUT2D eigenvalue weighted by molar-refractivity contribution is 7.91. The molecule has 0 radical (unpaired) electrons. The van der Waals surface area contributed by atoms with Crippen LogP contribution in [0, 0.1) is 0 Å². The molecule has 0 unspecified atom stereocenters. The van der Waals surface area contributed by atoms with E-state index in [0.717, 1.165) is 16.7 Å². The highest BCUT2D eigenvalue weighted by Gasteiger charge is 2.28.